The molecule has 3 aromatic rings. The van der Waals surface area contributed by atoms with Gasteiger partial charge in [0.2, 0.25) is 0 Å². The van der Waals surface area contributed by atoms with Crippen molar-refractivity contribution < 1.29 is 4.79 Å². The third kappa shape index (κ3) is 3.32. The van der Waals surface area contributed by atoms with Crippen molar-refractivity contribution in [2.75, 3.05) is 24.6 Å². The Morgan fingerprint density at radius 3 is 2.73 bits per heavy atom. The SMILES string of the molecule is O=C(c1nnn(-c2cccc(Cl)c2)c1-c1cccnc1)N1CCSCC1. The fourth-order valence-electron chi connectivity index (χ4n) is 2.89. The minimum atomic E-state index is -0.0996. The van der Waals surface area contributed by atoms with Crippen molar-refractivity contribution in [3.05, 3.63) is 59.5 Å². The minimum Gasteiger partial charge on any atom is -0.336 e. The molecule has 1 aliphatic rings. The molecule has 0 N–H and O–H groups in total. The molecule has 2 aromatic heterocycles. The van der Waals surface area contributed by atoms with Gasteiger partial charge >= 0.3 is 0 Å². The number of carbonyl (C=O) groups is 1. The fraction of sp³-hybridized carbons (Fsp3) is 0.222. The third-order valence-electron chi connectivity index (χ3n) is 4.16. The fourth-order valence-corrected chi connectivity index (χ4v) is 3.98. The van der Waals surface area contributed by atoms with Crippen molar-refractivity contribution >= 4 is 29.3 Å². The first kappa shape index (κ1) is 17.1. The number of hydrogen-bond acceptors (Lipinski definition) is 5. The topological polar surface area (TPSA) is 63.9 Å². The summed E-state index contributed by atoms with van der Waals surface area (Å²) >= 11 is 7.99. The van der Waals surface area contributed by atoms with Crippen molar-refractivity contribution in [2.45, 2.75) is 0 Å². The molecule has 1 aromatic carbocycles. The molecule has 0 unspecified atom stereocenters. The number of hydrogen-bond donors (Lipinski definition) is 0. The van der Waals surface area contributed by atoms with Crippen LogP contribution in [-0.2, 0) is 0 Å². The van der Waals surface area contributed by atoms with Crippen LogP contribution in [0.4, 0.5) is 0 Å². The third-order valence-corrected chi connectivity index (χ3v) is 5.34. The number of aromatic nitrogens is 4. The van der Waals surface area contributed by atoms with Crippen LogP contribution < -0.4 is 0 Å². The van der Waals surface area contributed by atoms with Crippen LogP contribution in [-0.4, -0.2) is 55.4 Å². The van der Waals surface area contributed by atoms with Gasteiger partial charge in [0.1, 0.15) is 5.69 Å². The molecule has 26 heavy (non-hydrogen) atoms. The van der Waals surface area contributed by atoms with E-state index < -0.39 is 0 Å². The number of rotatable bonds is 3. The first-order chi connectivity index (χ1) is 12.7. The van der Waals surface area contributed by atoms with Crippen molar-refractivity contribution in [1.82, 2.24) is 24.9 Å². The highest BCUT2D eigenvalue weighted by Crippen LogP contribution is 2.27. The zero-order valence-electron chi connectivity index (χ0n) is 13.9. The number of nitrogens with zero attached hydrogens (tertiary/aromatic N) is 5. The van der Waals surface area contributed by atoms with E-state index in [1.165, 1.54) is 0 Å². The van der Waals surface area contributed by atoms with E-state index in [-0.39, 0.29) is 5.91 Å². The highest BCUT2D eigenvalue weighted by molar-refractivity contribution is 7.99. The first-order valence-corrected chi connectivity index (χ1v) is 9.76. The normalized spacial score (nSPS) is 14.4. The van der Waals surface area contributed by atoms with Crippen LogP contribution in [0.3, 0.4) is 0 Å². The second-order valence-electron chi connectivity index (χ2n) is 5.82. The van der Waals surface area contributed by atoms with Gasteiger partial charge in [-0.15, -0.1) is 5.10 Å². The van der Waals surface area contributed by atoms with Gasteiger partial charge in [0, 0.05) is 47.6 Å². The Balaban J connectivity index is 1.83. The van der Waals surface area contributed by atoms with Crippen LogP contribution in [0, 0.1) is 0 Å². The average molecular weight is 386 g/mol. The number of carbonyl (C=O) groups excluding carboxylic acids is 1. The van der Waals surface area contributed by atoms with Gasteiger partial charge in [0.15, 0.2) is 5.69 Å². The van der Waals surface area contributed by atoms with Crippen molar-refractivity contribution in [3.8, 4) is 16.9 Å². The summed E-state index contributed by atoms with van der Waals surface area (Å²) < 4.78 is 1.65. The van der Waals surface area contributed by atoms with Gasteiger partial charge in [-0.05, 0) is 30.3 Å². The molecule has 0 aliphatic carbocycles. The van der Waals surface area contributed by atoms with Crippen LogP contribution in [0.1, 0.15) is 10.5 Å². The van der Waals surface area contributed by atoms with Gasteiger partial charge in [0.25, 0.3) is 5.91 Å². The Kier molecular flexibility index (Phi) is 4.90. The second-order valence-corrected chi connectivity index (χ2v) is 7.49. The zero-order chi connectivity index (χ0) is 17.9. The quantitative estimate of drug-likeness (QED) is 0.692. The summed E-state index contributed by atoms with van der Waals surface area (Å²) in [5, 5.41) is 9.06. The van der Waals surface area contributed by atoms with E-state index in [2.05, 4.69) is 15.3 Å². The second kappa shape index (κ2) is 7.47. The van der Waals surface area contributed by atoms with Crippen LogP contribution in [0.15, 0.2) is 48.8 Å². The van der Waals surface area contributed by atoms with E-state index in [4.69, 9.17) is 11.6 Å². The molecule has 0 spiro atoms. The molecule has 0 atom stereocenters. The smallest absolute Gasteiger partial charge is 0.276 e. The number of benzene rings is 1. The molecule has 1 fully saturated rings. The largest absolute Gasteiger partial charge is 0.336 e. The van der Waals surface area contributed by atoms with E-state index in [1.807, 2.05) is 40.9 Å². The molecule has 0 radical (unpaired) electrons. The number of amides is 1. The lowest BCUT2D eigenvalue weighted by Gasteiger charge is -2.25. The molecule has 1 saturated heterocycles. The molecule has 0 saturated carbocycles. The summed E-state index contributed by atoms with van der Waals surface area (Å²) in [6.45, 7) is 1.44. The Hall–Kier alpha value is -2.38. The molecule has 1 amide bonds. The Morgan fingerprint density at radius 2 is 2.00 bits per heavy atom. The predicted octanol–water partition coefficient (Wildman–Crippen LogP) is 3.17. The van der Waals surface area contributed by atoms with E-state index in [1.54, 1.807) is 29.2 Å². The maximum absolute atomic E-state index is 13.1. The molecule has 132 valence electrons. The maximum atomic E-state index is 13.1. The van der Waals surface area contributed by atoms with Gasteiger partial charge < -0.3 is 4.90 Å². The number of thioether (sulfide) groups is 1. The summed E-state index contributed by atoms with van der Waals surface area (Å²) in [4.78, 5) is 19.1. The van der Waals surface area contributed by atoms with Gasteiger partial charge in [-0.2, -0.15) is 11.8 Å². The standard InChI is InChI=1S/C18H16ClN5OS/c19-14-4-1-5-15(11-14)24-17(13-3-2-6-20-12-13)16(21-22-24)18(25)23-7-9-26-10-8-23/h1-6,11-12H,7-10H2. The predicted molar refractivity (Wildman–Crippen MR) is 103 cm³/mol. The lowest BCUT2D eigenvalue weighted by Crippen LogP contribution is -2.38. The Morgan fingerprint density at radius 1 is 1.15 bits per heavy atom. The summed E-state index contributed by atoms with van der Waals surface area (Å²) in [5.74, 6) is 1.78. The van der Waals surface area contributed by atoms with E-state index in [9.17, 15) is 4.79 Å². The molecular formula is C18H16ClN5OS. The van der Waals surface area contributed by atoms with Gasteiger partial charge in [-0.3, -0.25) is 9.78 Å². The summed E-state index contributed by atoms with van der Waals surface area (Å²) in [6.07, 6.45) is 3.41. The van der Waals surface area contributed by atoms with E-state index in [0.717, 1.165) is 35.8 Å². The zero-order valence-corrected chi connectivity index (χ0v) is 15.5. The van der Waals surface area contributed by atoms with Crippen LogP contribution in [0.25, 0.3) is 16.9 Å². The minimum absolute atomic E-state index is 0.0996. The van der Waals surface area contributed by atoms with Gasteiger partial charge in [-0.1, -0.05) is 22.9 Å². The van der Waals surface area contributed by atoms with Gasteiger partial charge in [0.05, 0.1) is 5.69 Å². The summed E-state index contributed by atoms with van der Waals surface area (Å²) in [6, 6.07) is 11.0. The van der Waals surface area contributed by atoms with Crippen LogP contribution in [0.2, 0.25) is 5.02 Å². The molecule has 8 heteroatoms. The first-order valence-electron chi connectivity index (χ1n) is 8.23. The highest BCUT2D eigenvalue weighted by Gasteiger charge is 2.27. The maximum Gasteiger partial charge on any atom is 0.276 e. The molecular weight excluding hydrogens is 370 g/mol. The lowest BCUT2D eigenvalue weighted by atomic mass is 10.1. The van der Waals surface area contributed by atoms with E-state index in [0.29, 0.717) is 16.4 Å². The van der Waals surface area contributed by atoms with Crippen molar-refractivity contribution in [1.29, 1.82) is 0 Å². The summed E-state index contributed by atoms with van der Waals surface area (Å²) in [5.41, 5.74) is 2.50. The average Bonchev–Trinajstić information content (AvgIpc) is 3.14. The van der Waals surface area contributed by atoms with Gasteiger partial charge in [-0.25, -0.2) is 4.68 Å². The molecule has 1 aliphatic heterocycles. The number of pyridine rings is 1. The van der Waals surface area contributed by atoms with Crippen LogP contribution >= 0.6 is 23.4 Å². The van der Waals surface area contributed by atoms with Crippen molar-refractivity contribution in [3.63, 3.8) is 0 Å². The Bertz CT molecular complexity index is 924. The van der Waals surface area contributed by atoms with E-state index >= 15 is 0 Å². The lowest BCUT2D eigenvalue weighted by molar-refractivity contribution is 0.0767. The molecule has 4 rings (SSSR count). The Labute approximate surface area is 160 Å². The molecule has 0 bridgehead atoms. The molecule has 3 heterocycles. The highest BCUT2D eigenvalue weighted by atomic mass is 35.5. The van der Waals surface area contributed by atoms with Crippen molar-refractivity contribution in [2.24, 2.45) is 0 Å². The summed E-state index contributed by atoms with van der Waals surface area (Å²) in [7, 11) is 0. The molecule has 6 nitrogen and oxygen atoms in total. The monoisotopic (exact) mass is 385 g/mol. The van der Waals surface area contributed by atoms with Crippen LogP contribution in [0.5, 0.6) is 0 Å². The number of halogens is 1.